The minimum absolute atomic E-state index is 0.0558. The van der Waals surface area contributed by atoms with Gasteiger partial charge in [-0.25, -0.2) is 0 Å². The molecule has 0 spiro atoms. The number of benzene rings is 2. The molecule has 0 aliphatic rings. The van der Waals surface area contributed by atoms with E-state index in [4.69, 9.17) is 4.42 Å². The van der Waals surface area contributed by atoms with E-state index in [9.17, 15) is 13.6 Å². The average Bonchev–Trinajstić information content (AvgIpc) is 3.09. The lowest BCUT2D eigenvalue weighted by atomic mass is 10.2. The first-order valence-corrected chi connectivity index (χ1v) is 8.86. The fourth-order valence-electron chi connectivity index (χ4n) is 2.56. The predicted octanol–water partition coefficient (Wildman–Crippen LogP) is 5.58. The molecule has 4 nitrogen and oxygen atoms in total. The van der Waals surface area contributed by atoms with Crippen molar-refractivity contribution >= 4 is 21.8 Å². The van der Waals surface area contributed by atoms with Crippen LogP contribution in [0.1, 0.15) is 16.1 Å². The van der Waals surface area contributed by atoms with Gasteiger partial charge in [0.1, 0.15) is 17.3 Å². The van der Waals surface area contributed by atoms with Gasteiger partial charge in [0.2, 0.25) is 0 Å². The van der Waals surface area contributed by atoms with Crippen molar-refractivity contribution in [1.29, 1.82) is 0 Å². The van der Waals surface area contributed by atoms with Gasteiger partial charge in [0.15, 0.2) is 0 Å². The van der Waals surface area contributed by atoms with Crippen LogP contribution in [0.15, 0.2) is 69.6 Å². The minimum Gasteiger partial charge on any atom is -0.459 e. The molecule has 3 rings (SSSR count). The molecule has 0 atom stereocenters. The second-order valence-corrected chi connectivity index (χ2v) is 6.76. The first-order chi connectivity index (χ1) is 12.9. The number of halogens is 3. The highest BCUT2D eigenvalue weighted by Gasteiger charge is 2.16. The van der Waals surface area contributed by atoms with Gasteiger partial charge in [-0.05, 0) is 42.5 Å². The van der Waals surface area contributed by atoms with Gasteiger partial charge in [-0.1, -0.05) is 34.1 Å². The lowest BCUT2D eigenvalue weighted by molar-refractivity contribution is -0.0499. The summed E-state index contributed by atoms with van der Waals surface area (Å²) in [4.78, 5) is 14.0. The second-order valence-electron chi connectivity index (χ2n) is 5.84. The maximum absolute atomic E-state index is 12.5. The number of amides is 1. The summed E-state index contributed by atoms with van der Waals surface area (Å²) in [6.45, 7) is -2.69. The Hall–Kier alpha value is -2.67. The van der Waals surface area contributed by atoms with Gasteiger partial charge in [-0.2, -0.15) is 8.78 Å². The number of rotatable bonds is 6. The number of alkyl halides is 2. The molecule has 1 amide bonds. The average molecular weight is 436 g/mol. The molecule has 0 unspecified atom stereocenters. The van der Waals surface area contributed by atoms with E-state index in [0.717, 1.165) is 10.0 Å². The summed E-state index contributed by atoms with van der Waals surface area (Å²) in [7, 11) is 1.62. The van der Waals surface area contributed by atoms with E-state index in [1.54, 1.807) is 19.2 Å². The molecular weight excluding hydrogens is 420 g/mol. The third-order valence-electron chi connectivity index (χ3n) is 3.84. The lowest BCUT2D eigenvalue weighted by Crippen LogP contribution is -2.26. The van der Waals surface area contributed by atoms with Gasteiger partial charge in [-0.3, -0.25) is 4.79 Å². The Morgan fingerprint density at radius 2 is 1.89 bits per heavy atom. The third-order valence-corrected chi connectivity index (χ3v) is 4.36. The van der Waals surface area contributed by atoms with Gasteiger partial charge in [0.05, 0.1) is 6.54 Å². The monoisotopic (exact) mass is 435 g/mol. The molecule has 0 fully saturated rings. The van der Waals surface area contributed by atoms with Crippen LogP contribution in [0.4, 0.5) is 8.78 Å². The van der Waals surface area contributed by atoms with Gasteiger partial charge in [-0.15, -0.1) is 0 Å². The van der Waals surface area contributed by atoms with Crippen LogP contribution in [0.2, 0.25) is 0 Å². The Kier molecular flexibility index (Phi) is 5.91. The summed E-state index contributed by atoms with van der Waals surface area (Å²) in [5.41, 5.74) is 1.19. The van der Waals surface area contributed by atoms with Crippen molar-refractivity contribution < 1.29 is 22.7 Å². The number of hydrogen-bond donors (Lipinski definition) is 0. The van der Waals surface area contributed by atoms with Crippen LogP contribution >= 0.6 is 15.9 Å². The van der Waals surface area contributed by atoms with Crippen molar-refractivity contribution in [2.75, 3.05) is 7.05 Å². The standard InChI is InChI=1S/C20H16BrF2NO3/c1-24(19(25)14-3-2-4-16(11-14)27-20(22)23)12-17-9-10-18(26-17)13-5-7-15(21)8-6-13/h2-11,20H,12H2,1H3. The van der Waals surface area contributed by atoms with Crippen molar-refractivity contribution in [3.8, 4) is 17.1 Å². The molecule has 0 saturated carbocycles. The molecule has 0 aliphatic carbocycles. The highest BCUT2D eigenvalue weighted by atomic mass is 79.9. The van der Waals surface area contributed by atoms with Gasteiger partial charge >= 0.3 is 6.61 Å². The Bertz CT molecular complexity index is 925. The molecule has 0 N–H and O–H groups in total. The van der Waals surface area contributed by atoms with Crippen molar-refractivity contribution in [1.82, 2.24) is 4.90 Å². The second kappa shape index (κ2) is 8.35. The van der Waals surface area contributed by atoms with Crippen LogP contribution in [0.3, 0.4) is 0 Å². The zero-order valence-corrected chi connectivity index (χ0v) is 15.9. The molecule has 0 radical (unpaired) electrons. The van der Waals surface area contributed by atoms with E-state index in [1.807, 2.05) is 30.3 Å². The van der Waals surface area contributed by atoms with Crippen molar-refractivity contribution in [2.45, 2.75) is 13.2 Å². The molecule has 27 heavy (non-hydrogen) atoms. The van der Waals surface area contributed by atoms with Crippen molar-refractivity contribution in [3.05, 3.63) is 76.5 Å². The summed E-state index contributed by atoms with van der Waals surface area (Å²) in [5, 5.41) is 0. The molecule has 7 heteroatoms. The van der Waals surface area contributed by atoms with Crippen LogP contribution in [-0.4, -0.2) is 24.5 Å². The van der Waals surface area contributed by atoms with Crippen LogP contribution < -0.4 is 4.74 Å². The molecule has 1 heterocycles. The molecular formula is C20H16BrF2NO3. The number of carbonyl (C=O) groups is 1. The quantitative estimate of drug-likeness (QED) is 0.507. The summed E-state index contributed by atoms with van der Waals surface area (Å²) < 4.78 is 35.8. The number of nitrogens with zero attached hydrogens (tertiary/aromatic N) is 1. The zero-order valence-electron chi connectivity index (χ0n) is 14.4. The summed E-state index contributed by atoms with van der Waals surface area (Å²) in [6.07, 6.45) is 0. The minimum atomic E-state index is -2.94. The molecule has 1 aromatic heterocycles. The number of furan rings is 1. The highest BCUT2D eigenvalue weighted by molar-refractivity contribution is 9.10. The third kappa shape index (κ3) is 4.95. The summed E-state index contributed by atoms with van der Waals surface area (Å²) in [5.74, 6) is 0.936. The van der Waals surface area contributed by atoms with E-state index in [-0.39, 0.29) is 23.8 Å². The largest absolute Gasteiger partial charge is 0.459 e. The first kappa shape index (κ1) is 19.1. The van der Waals surface area contributed by atoms with E-state index in [2.05, 4.69) is 20.7 Å². The molecule has 0 aliphatic heterocycles. The van der Waals surface area contributed by atoms with Gasteiger partial charge in [0.25, 0.3) is 5.91 Å². The Balaban J connectivity index is 1.69. The van der Waals surface area contributed by atoms with E-state index >= 15 is 0 Å². The van der Waals surface area contributed by atoms with E-state index < -0.39 is 6.61 Å². The fourth-order valence-corrected chi connectivity index (χ4v) is 2.83. The van der Waals surface area contributed by atoms with E-state index in [0.29, 0.717) is 11.5 Å². The first-order valence-electron chi connectivity index (χ1n) is 8.07. The highest BCUT2D eigenvalue weighted by Crippen LogP contribution is 2.25. The Labute approximate surface area is 163 Å². The van der Waals surface area contributed by atoms with Crippen LogP contribution in [0.5, 0.6) is 5.75 Å². The smallest absolute Gasteiger partial charge is 0.387 e. The molecule has 0 bridgehead atoms. The zero-order chi connectivity index (χ0) is 19.4. The normalized spacial score (nSPS) is 10.9. The van der Waals surface area contributed by atoms with Gasteiger partial charge < -0.3 is 14.1 Å². The van der Waals surface area contributed by atoms with Crippen molar-refractivity contribution in [3.63, 3.8) is 0 Å². The topological polar surface area (TPSA) is 42.7 Å². The Morgan fingerprint density at radius 1 is 1.15 bits per heavy atom. The molecule has 140 valence electrons. The van der Waals surface area contributed by atoms with Crippen LogP contribution in [0.25, 0.3) is 11.3 Å². The fraction of sp³-hybridized carbons (Fsp3) is 0.150. The van der Waals surface area contributed by atoms with Crippen LogP contribution in [-0.2, 0) is 6.54 Å². The summed E-state index contributed by atoms with van der Waals surface area (Å²) in [6, 6.07) is 17.0. The number of ether oxygens (including phenoxy) is 1. The van der Waals surface area contributed by atoms with Gasteiger partial charge in [0, 0.05) is 22.6 Å². The molecule has 2 aromatic carbocycles. The van der Waals surface area contributed by atoms with Crippen LogP contribution in [0, 0.1) is 0 Å². The lowest BCUT2D eigenvalue weighted by Gasteiger charge is -2.16. The summed E-state index contributed by atoms with van der Waals surface area (Å²) >= 11 is 3.39. The number of carbonyl (C=O) groups excluding carboxylic acids is 1. The number of hydrogen-bond acceptors (Lipinski definition) is 3. The molecule has 3 aromatic rings. The van der Waals surface area contributed by atoms with Crippen molar-refractivity contribution in [2.24, 2.45) is 0 Å². The SMILES string of the molecule is CN(Cc1ccc(-c2ccc(Br)cc2)o1)C(=O)c1cccc(OC(F)F)c1. The Morgan fingerprint density at radius 3 is 2.59 bits per heavy atom. The van der Waals surface area contributed by atoms with E-state index in [1.165, 1.54) is 23.1 Å². The maximum Gasteiger partial charge on any atom is 0.387 e. The molecule has 0 saturated heterocycles. The maximum atomic E-state index is 12.5. The predicted molar refractivity (Wildman–Crippen MR) is 101 cm³/mol.